The van der Waals surface area contributed by atoms with Crippen molar-refractivity contribution in [1.29, 1.82) is 0 Å². The van der Waals surface area contributed by atoms with Crippen LogP contribution in [0.4, 0.5) is 0 Å². The molecule has 9 rings (SSSR count). The number of carbonyl (C=O) groups is 4. The van der Waals surface area contributed by atoms with Crippen molar-refractivity contribution in [2.45, 2.75) is 102 Å². The molecule has 8 aliphatic rings. The van der Waals surface area contributed by atoms with Gasteiger partial charge in [-0.25, -0.2) is 0 Å². The Bertz CT molecular complexity index is 1390. The van der Waals surface area contributed by atoms with Gasteiger partial charge < -0.3 is 0 Å². The van der Waals surface area contributed by atoms with E-state index < -0.39 is 54.6 Å². The van der Waals surface area contributed by atoms with Crippen LogP contribution in [0.15, 0.2) is 48.6 Å². The monoisotopic (exact) mass is 746 g/mol. The molecular formula is C36H43IO9. The Labute approximate surface area is 277 Å². The summed E-state index contributed by atoms with van der Waals surface area (Å²) in [6.07, 6.45) is 8.34. The summed E-state index contributed by atoms with van der Waals surface area (Å²) in [5, 5.41) is 10.00. The molecule has 9 nitrogen and oxygen atoms in total. The van der Waals surface area contributed by atoms with E-state index in [1.165, 1.54) is 12.1 Å². The summed E-state index contributed by atoms with van der Waals surface area (Å²) < 4.78 is 25.4. The fraction of sp³-hybridized carbons (Fsp3) is 0.611. The van der Waals surface area contributed by atoms with Crippen molar-refractivity contribution in [3.63, 3.8) is 0 Å². The number of hydrogen-bond donors (Lipinski definition) is 1. The van der Waals surface area contributed by atoms with Gasteiger partial charge in [0.05, 0.1) is 0 Å². The molecule has 0 aromatic heterocycles. The summed E-state index contributed by atoms with van der Waals surface area (Å²) in [7, 11) is 0. The van der Waals surface area contributed by atoms with E-state index in [4.69, 9.17) is 15.6 Å². The summed E-state index contributed by atoms with van der Waals surface area (Å²) in [4.78, 5) is 54.0. The van der Waals surface area contributed by atoms with Gasteiger partial charge in [0.25, 0.3) is 0 Å². The van der Waals surface area contributed by atoms with Gasteiger partial charge in [0.2, 0.25) is 0 Å². The molecule has 0 radical (unpaired) electrons. The maximum atomic E-state index is 14.3. The molecule has 1 aromatic carbocycles. The van der Waals surface area contributed by atoms with Crippen LogP contribution in [0.2, 0.25) is 0 Å². The Morgan fingerprint density at radius 2 is 1.04 bits per heavy atom. The number of halogens is 1. The second-order valence-corrected chi connectivity index (χ2v) is 19.0. The quantitative estimate of drug-likeness (QED) is 0.163. The molecule has 0 aliphatic heterocycles. The zero-order valence-corrected chi connectivity index (χ0v) is 28.8. The van der Waals surface area contributed by atoms with Crippen molar-refractivity contribution in [2.75, 3.05) is 0 Å². The summed E-state index contributed by atoms with van der Waals surface area (Å²) in [5.41, 5.74) is -2.41. The summed E-state index contributed by atoms with van der Waals surface area (Å²) in [6, 6.07) is 6.34. The van der Waals surface area contributed by atoms with E-state index in [2.05, 4.69) is 13.2 Å². The summed E-state index contributed by atoms with van der Waals surface area (Å²) in [5.74, 6) is -0.599. The van der Waals surface area contributed by atoms with Crippen LogP contribution in [0.3, 0.4) is 0 Å². The molecule has 4 unspecified atom stereocenters. The molecule has 0 saturated heterocycles. The van der Waals surface area contributed by atoms with Crippen LogP contribution >= 0.6 is 20.6 Å². The van der Waals surface area contributed by atoms with Crippen LogP contribution in [0.25, 0.3) is 0 Å². The number of esters is 2. The number of rotatable bonds is 9. The number of carbonyl (C=O) groups excluding carboxylic acids is 4. The first kappa shape index (κ1) is 31.7. The predicted octanol–water partition coefficient (Wildman–Crippen LogP) is 6.90. The van der Waals surface area contributed by atoms with E-state index in [1.54, 1.807) is 26.0 Å². The third kappa shape index (κ3) is 5.56. The van der Waals surface area contributed by atoms with Crippen molar-refractivity contribution in [2.24, 2.45) is 34.5 Å². The van der Waals surface area contributed by atoms with Gasteiger partial charge in [-0.2, -0.15) is 0 Å². The van der Waals surface area contributed by atoms with Crippen LogP contribution in [0, 0.1) is 38.1 Å². The van der Waals surface area contributed by atoms with E-state index in [0.29, 0.717) is 53.2 Å². The van der Waals surface area contributed by atoms with Gasteiger partial charge in [-0.1, -0.05) is 0 Å². The molecule has 0 amide bonds. The van der Waals surface area contributed by atoms with Crippen molar-refractivity contribution in [1.82, 2.24) is 0 Å². The van der Waals surface area contributed by atoms with Gasteiger partial charge in [0.15, 0.2) is 0 Å². The van der Waals surface area contributed by atoms with Gasteiger partial charge in [-0.15, -0.1) is 0 Å². The van der Waals surface area contributed by atoms with Crippen LogP contribution in [-0.2, 0) is 34.8 Å². The fourth-order valence-electron chi connectivity index (χ4n) is 10.6. The fourth-order valence-corrected chi connectivity index (χ4v) is 13.8. The van der Waals surface area contributed by atoms with Crippen LogP contribution < -0.4 is 0 Å². The number of phenols is 1. The average Bonchev–Trinajstić information content (AvgIpc) is 2.95. The molecule has 46 heavy (non-hydrogen) atoms. The van der Waals surface area contributed by atoms with Gasteiger partial charge in [0.1, 0.15) is 0 Å². The predicted molar refractivity (Wildman–Crippen MR) is 175 cm³/mol. The van der Waals surface area contributed by atoms with Crippen molar-refractivity contribution in [3.8, 4) is 5.75 Å². The second-order valence-electron chi connectivity index (χ2n) is 15.6. The Hall–Kier alpha value is -2.89. The third-order valence-corrected chi connectivity index (χ3v) is 14.8. The maximum absolute atomic E-state index is 14.3. The zero-order chi connectivity index (χ0) is 32.6. The Morgan fingerprint density at radius 3 is 1.39 bits per heavy atom. The number of aromatic hydroxyl groups is 1. The Morgan fingerprint density at radius 1 is 0.674 bits per heavy atom. The topological polar surface area (TPSA) is 125 Å². The minimum atomic E-state index is -3.41. The van der Waals surface area contributed by atoms with Gasteiger partial charge in [0, 0.05) is 0 Å². The van der Waals surface area contributed by atoms with E-state index in [-0.39, 0.29) is 41.4 Å². The first-order valence-electron chi connectivity index (χ1n) is 16.4. The van der Waals surface area contributed by atoms with Gasteiger partial charge in [-0.05, 0) is 0 Å². The average molecular weight is 747 g/mol. The van der Waals surface area contributed by atoms with E-state index >= 15 is 0 Å². The number of phenolic OH excluding ortho intramolecular Hbond substituents is 1. The molecule has 248 valence electrons. The molecule has 8 aliphatic carbocycles. The molecular weight excluding hydrogens is 703 g/mol. The molecule has 1 aromatic rings. The van der Waals surface area contributed by atoms with Crippen molar-refractivity contribution in [3.05, 3.63) is 52.1 Å². The van der Waals surface area contributed by atoms with Gasteiger partial charge >= 0.3 is 279 Å². The standard InChI is InChI=1S/C36H43IO9/c1-21(2)29(39)43-35-15-23-9-24(16-35)12-33(11-23,19-35)31(41)45-37(27-5-7-28(38)8-6-27)46-32(42)34-13-25-10-26(14-34)18-36(17-25,20-34)44-30(40)22(3)4/h5-8,23-26,38H,1,3,9-20H2,2,4H3. The number of ether oxygens (including phenoxy) is 2. The first-order valence-corrected chi connectivity index (χ1v) is 19.3. The van der Waals surface area contributed by atoms with Crippen molar-refractivity contribution < 1.29 is 39.9 Å². The molecule has 10 heteroatoms. The van der Waals surface area contributed by atoms with Crippen LogP contribution in [0.5, 0.6) is 5.75 Å². The summed E-state index contributed by atoms with van der Waals surface area (Å²) >= 11 is -3.41. The normalized spacial score (nSPS) is 38.1. The molecule has 1 N–H and O–H groups in total. The minimum absolute atomic E-state index is 0.0573. The Balaban J connectivity index is 1.14. The molecule has 8 bridgehead atoms. The van der Waals surface area contributed by atoms with Crippen LogP contribution in [0.1, 0.15) is 90.9 Å². The first-order chi connectivity index (χ1) is 21.7. The van der Waals surface area contributed by atoms with Crippen LogP contribution in [-0.4, -0.2) is 40.2 Å². The zero-order valence-electron chi connectivity index (χ0n) is 26.6. The Kier molecular flexibility index (Phi) is 7.64. The molecule has 0 heterocycles. The number of benzene rings is 1. The van der Waals surface area contributed by atoms with Gasteiger partial charge in [-0.3, -0.25) is 0 Å². The van der Waals surface area contributed by atoms with Crippen molar-refractivity contribution >= 4 is 44.5 Å². The second kappa shape index (κ2) is 11.1. The van der Waals surface area contributed by atoms with E-state index in [9.17, 15) is 24.3 Å². The van der Waals surface area contributed by atoms with E-state index in [1.807, 2.05) is 0 Å². The third-order valence-electron chi connectivity index (χ3n) is 11.5. The molecule has 4 atom stereocenters. The number of hydrogen-bond acceptors (Lipinski definition) is 9. The molecule has 0 spiro atoms. The van der Waals surface area contributed by atoms with E-state index in [0.717, 1.165) is 38.5 Å². The molecule has 8 fully saturated rings. The molecule has 8 saturated carbocycles. The summed E-state index contributed by atoms with van der Waals surface area (Å²) in [6.45, 7) is 10.8. The SMILES string of the molecule is C=C(C)C(=O)OC12CC3CC(C1)CC(C(=O)OI(OC(=O)C14CC5CC(CC(OC(=O)C(=C)C)(C5)C1)C4)c1ccc(O)cc1)(C3)C2.